The molecular formula is C14H14Cl2N2O4. The Hall–Kier alpha value is -1.60. The number of nitrogens with zero attached hydrogens (tertiary/aromatic N) is 1. The van der Waals surface area contributed by atoms with Crippen LogP contribution in [0.1, 0.15) is 5.56 Å². The molecule has 0 fully saturated rings. The van der Waals surface area contributed by atoms with E-state index in [0.717, 1.165) is 10.1 Å². The van der Waals surface area contributed by atoms with Gasteiger partial charge in [-0.25, -0.2) is 4.79 Å². The number of hydrogen-bond donors (Lipinski definition) is 2. The van der Waals surface area contributed by atoms with Crippen LogP contribution < -0.4 is 11.2 Å². The van der Waals surface area contributed by atoms with E-state index in [9.17, 15) is 14.7 Å². The molecule has 8 heteroatoms. The Kier molecular flexibility index (Phi) is 5.79. The summed E-state index contributed by atoms with van der Waals surface area (Å²) in [7, 11) is 0. The van der Waals surface area contributed by atoms with Crippen molar-refractivity contribution in [2.75, 3.05) is 6.61 Å². The molecule has 118 valence electrons. The summed E-state index contributed by atoms with van der Waals surface area (Å²) in [5.41, 5.74) is -0.493. The second kappa shape index (κ2) is 7.60. The van der Waals surface area contributed by atoms with Crippen LogP contribution in [0.2, 0.25) is 10.0 Å². The van der Waals surface area contributed by atoms with Crippen molar-refractivity contribution in [2.45, 2.75) is 19.3 Å². The molecule has 2 N–H and O–H groups in total. The van der Waals surface area contributed by atoms with Crippen LogP contribution in [0, 0.1) is 0 Å². The molecule has 0 radical (unpaired) electrons. The van der Waals surface area contributed by atoms with Crippen LogP contribution in [-0.2, 0) is 17.9 Å². The van der Waals surface area contributed by atoms with E-state index >= 15 is 0 Å². The highest BCUT2D eigenvalue weighted by Crippen LogP contribution is 2.15. The zero-order valence-corrected chi connectivity index (χ0v) is 13.0. The van der Waals surface area contributed by atoms with E-state index in [4.69, 9.17) is 27.9 Å². The number of aliphatic hydroxyl groups excluding tert-OH is 1. The standard InChI is InChI=1S/C14H14Cl2N2O4/c15-11-4-2-1-3-9(11)7-22-8-10(19)5-18-6-12(16)13(20)17-14(18)21/h1-4,6,10,19H,5,7-8H2,(H,17,20,21). The first-order chi connectivity index (χ1) is 10.5. The fourth-order valence-corrected chi connectivity index (χ4v) is 2.17. The van der Waals surface area contributed by atoms with Crippen molar-refractivity contribution in [1.82, 2.24) is 9.55 Å². The third kappa shape index (κ3) is 4.45. The van der Waals surface area contributed by atoms with Gasteiger partial charge in [-0.15, -0.1) is 0 Å². The van der Waals surface area contributed by atoms with Gasteiger partial charge in [-0.2, -0.15) is 0 Å². The number of aromatic amines is 1. The Balaban J connectivity index is 1.90. The van der Waals surface area contributed by atoms with Gasteiger partial charge in [-0.3, -0.25) is 14.3 Å². The lowest BCUT2D eigenvalue weighted by atomic mass is 10.2. The zero-order valence-electron chi connectivity index (χ0n) is 11.5. The molecule has 2 aromatic rings. The molecule has 6 nitrogen and oxygen atoms in total. The molecule has 0 aliphatic heterocycles. The quantitative estimate of drug-likeness (QED) is 0.829. The number of H-pyrrole nitrogens is 1. The molecule has 1 aromatic heterocycles. The minimum atomic E-state index is -0.929. The van der Waals surface area contributed by atoms with Crippen molar-refractivity contribution in [1.29, 1.82) is 0 Å². The average Bonchev–Trinajstić information content (AvgIpc) is 2.47. The number of rotatable bonds is 6. The molecule has 0 spiro atoms. The molecule has 1 heterocycles. The van der Waals surface area contributed by atoms with Crippen molar-refractivity contribution in [3.8, 4) is 0 Å². The smallest absolute Gasteiger partial charge is 0.328 e. The van der Waals surface area contributed by atoms with Gasteiger partial charge in [-0.05, 0) is 11.6 Å². The van der Waals surface area contributed by atoms with Crippen LogP contribution in [-0.4, -0.2) is 27.4 Å². The summed E-state index contributed by atoms with van der Waals surface area (Å²) in [4.78, 5) is 24.7. The van der Waals surface area contributed by atoms with E-state index in [1.54, 1.807) is 6.07 Å². The van der Waals surface area contributed by atoms with Gasteiger partial charge in [0.25, 0.3) is 5.56 Å². The van der Waals surface area contributed by atoms with Crippen LogP contribution in [0.25, 0.3) is 0 Å². The number of aromatic nitrogens is 2. The highest BCUT2D eigenvalue weighted by Gasteiger charge is 2.09. The Morgan fingerprint density at radius 3 is 2.68 bits per heavy atom. The second-order valence-corrected chi connectivity index (χ2v) is 5.46. The van der Waals surface area contributed by atoms with Crippen LogP contribution >= 0.6 is 23.2 Å². The van der Waals surface area contributed by atoms with Gasteiger partial charge >= 0.3 is 5.69 Å². The summed E-state index contributed by atoms with van der Waals surface area (Å²) in [6, 6.07) is 7.22. The highest BCUT2D eigenvalue weighted by atomic mass is 35.5. The Morgan fingerprint density at radius 1 is 1.23 bits per heavy atom. The molecular weight excluding hydrogens is 331 g/mol. The maximum atomic E-state index is 11.5. The molecule has 0 bridgehead atoms. The maximum absolute atomic E-state index is 11.5. The van der Waals surface area contributed by atoms with Crippen molar-refractivity contribution in [2.24, 2.45) is 0 Å². The number of nitrogens with one attached hydrogen (secondary N) is 1. The number of hydrogen-bond acceptors (Lipinski definition) is 4. The fourth-order valence-electron chi connectivity index (χ4n) is 1.82. The van der Waals surface area contributed by atoms with Crippen molar-refractivity contribution >= 4 is 23.2 Å². The number of aliphatic hydroxyl groups is 1. The monoisotopic (exact) mass is 344 g/mol. The first-order valence-electron chi connectivity index (χ1n) is 6.46. The van der Waals surface area contributed by atoms with Gasteiger partial charge in [0.1, 0.15) is 5.02 Å². The largest absolute Gasteiger partial charge is 0.389 e. The molecule has 1 aromatic carbocycles. The molecule has 0 amide bonds. The third-order valence-corrected chi connectivity index (χ3v) is 3.54. The predicted octanol–water partition coefficient (Wildman–Crippen LogP) is 1.42. The lowest BCUT2D eigenvalue weighted by molar-refractivity contribution is 0.0197. The zero-order chi connectivity index (χ0) is 16.1. The highest BCUT2D eigenvalue weighted by molar-refractivity contribution is 6.31. The van der Waals surface area contributed by atoms with Gasteiger partial charge in [0.2, 0.25) is 0 Å². The minimum Gasteiger partial charge on any atom is -0.389 e. The van der Waals surface area contributed by atoms with Gasteiger partial charge in [0, 0.05) is 11.2 Å². The molecule has 2 rings (SSSR count). The predicted molar refractivity (Wildman–Crippen MR) is 83.4 cm³/mol. The number of benzene rings is 1. The SMILES string of the molecule is O=c1[nH]c(=O)n(CC(O)COCc2ccccc2Cl)cc1Cl. The van der Waals surface area contributed by atoms with E-state index in [0.29, 0.717) is 5.02 Å². The van der Waals surface area contributed by atoms with Crippen molar-refractivity contribution in [3.63, 3.8) is 0 Å². The molecule has 1 atom stereocenters. The van der Waals surface area contributed by atoms with Gasteiger partial charge in [0.05, 0.1) is 25.9 Å². The lowest BCUT2D eigenvalue weighted by Gasteiger charge is -2.13. The van der Waals surface area contributed by atoms with Crippen LogP contribution in [0.4, 0.5) is 0 Å². The third-order valence-electron chi connectivity index (χ3n) is 2.90. The van der Waals surface area contributed by atoms with Crippen LogP contribution in [0.3, 0.4) is 0 Å². The van der Waals surface area contributed by atoms with Gasteiger partial charge < -0.3 is 9.84 Å². The van der Waals surface area contributed by atoms with Gasteiger partial charge in [0.15, 0.2) is 0 Å². The molecule has 0 aliphatic rings. The fraction of sp³-hybridized carbons (Fsp3) is 0.286. The summed E-state index contributed by atoms with van der Waals surface area (Å²) < 4.78 is 6.49. The topological polar surface area (TPSA) is 84.3 Å². The van der Waals surface area contributed by atoms with Gasteiger partial charge in [-0.1, -0.05) is 41.4 Å². The Morgan fingerprint density at radius 2 is 1.95 bits per heavy atom. The number of ether oxygens (including phenoxy) is 1. The summed E-state index contributed by atoms with van der Waals surface area (Å²) in [6.45, 7) is 0.213. The molecule has 0 aliphatic carbocycles. The average molecular weight is 345 g/mol. The first-order valence-corrected chi connectivity index (χ1v) is 7.21. The van der Waals surface area contributed by atoms with E-state index in [-0.39, 0.29) is 24.8 Å². The molecule has 0 saturated carbocycles. The van der Waals surface area contributed by atoms with Crippen molar-refractivity contribution in [3.05, 3.63) is 66.9 Å². The normalized spacial score (nSPS) is 12.3. The summed E-state index contributed by atoms with van der Waals surface area (Å²) >= 11 is 11.6. The van der Waals surface area contributed by atoms with Crippen LogP contribution in [0.15, 0.2) is 40.1 Å². The first kappa shape index (κ1) is 16.8. The summed E-state index contributed by atoms with van der Waals surface area (Å²) in [6.07, 6.45) is 0.252. The Labute approximate surface area is 135 Å². The summed E-state index contributed by atoms with van der Waals surface area (Å²) in [5.74, 6) is 0. The number of halogens is 2. The summed E-state index contributed by atoms with van der Waals surface area (Å²) in [5, 5.41) is 10.3. The Bertz CT molecular complexity index is 757. The molecule has 22 heavy (non-hydrogen) atoms. The lowest BCUT2D eigenvalue weighted by Crippen LogP contribution is -2.34. The van der Waals surface area contributed by atoms with E-state index in [2.05, 4.69) is 4.98 Å². The van der Waals surface area contributed by atoms with Crippen molar-refractivity contribution < 1.29 is 9.84 Å². The second-order valence-electron chi connectivity index (χ2n) is 4.65. The van der Waals surface area contributed by atoms with E-state index in [1.165, 1.54) is 6.20 Å². The molecule has 0 saturated heterocycles. The maximum Gasteiger partial charge on any atom is 0.328 e. The van der Waals surface area contributed by atoms with E-state index < -0.39 is 17.4 Å². The van der Waals surface area contributed by atoms with E-state index in [1.807, 2.05) is 18.2 Å². The minimum absolute atomic E-state index is 0.00834. The van der Waals surface area contributed by atoms with Crippen LogP contribution in [0.5, 0.6) is 0 Å². The molecule has 1 unspecified atom stereocenters.